The zero-order valence-electron chi connectivity index (χ0n) is 11.0. The molecule has 1 heterocycles. The second-order valence-electron chi connectivity index (χ2n) is 4.49. The summed E-state index contributed by atoms with van der Waals surface area (Å²) in [5, 5.41) is 5.15. The second-order valence-corrected chi connectivity index (χ2v) is 4.87. The Morgan fingerprint density at radius 3 is 2.65 bits per heavy atom. The van der Waals surface area contributed by atoms with Gasteiger partial charge >= 0.3 is 0 Å². The molecule has 98 valence electrons. The molecule has 1 rings (SSSR count). The monoisotopic (exact) mass is 259 g/mol. The molecule has 1 aromatic rings. The average Bonchev–Trinajstić information content (AvgIpc) is 2.55. The first-order valence-electron chi connectivity index (χ1n) is 5.82. The van der Waals surface area contributed by atoms with E-state index in [-0.39, 0.29) is 6.04 Å². The van der Waals surface area contributed by atoms with E-state index in [9.17, 15) is 0 Å². The minimum Gasteiger partial charge on any atom is -0.308 e. The third-order valence-corrected chi connectivity index (χ3v) is 3.21. The predicted octanol–water partition coefficient (Wildman–Crippen LogP) is 0.801. The van der Waals surface area contributed by atoms with Crippen LogP contribution in [-0.4, -0.2) is 41.4 Å². The molecule has 5 nitrogen and oxygen atoms in total. The summed E-state index contributed by atoms with van der Waals surface area (Å²) in [5.41, 5.74) is 4.76. The smallest absolute Gasteiger partial charge is 0.0847 e. The van der Waals surface area contributed by atoms with Crippen molar-refractivity contribution in [3.05, 3.63) is 16.4 Å². The van der Waals surface area contributed by atoms with Crippen molar-refractivity contribution in [2.24, 2.45) is 5.84 Å². The number of nitrogens with one attached hydrogen (secondary N) is 1. The Morgan fingerprint density at radius 1 is 1.53 bits per heavy atom. The highest BCUT2D eigenvalue weighted by Crippen LogP contribution is 2.21. The molecule has 0 bridgehead atoms. The van der Waals surface area contributed by atoms with Crippen molar-refractivity contribution in [2.45, 2.75) is 32.9 Å². The van der Waals surface area contributed by atoms with Crippen molar-refractivity contribution in [1.29, 1.82) is 0 Å². The molecule has 0 saturated heterocycles. The molecule has 0 saturated carbocycles. The fourth-order valence-corrected chi connectivity index (χ4v) is 2.13. The Labute approximate surface area is 108 Å². The molecular weight excluding hydrogens is 238 g/mol. The van der Waals surface area contributed by atoms with E-state index in [2.05, 4.69) is 22.3 Å². The summed E-state index contributed by atoms with van der Waals surface area (Å²) in [4.78, 5) is 2.10. The quantitative estimate of drug-likeness (QED) is 0.586. The number of rotatable bonds is 6. The number of nitrogens with zero attached hydrogens (tertiary/aromatic N) is 3. The summed E-state index contributed by atoms with van der Waals surface area (Å²) >= 11 is 6.26. The standard InChI is InChI=1S/C11H22ClN5/c1-5-17-10(11(12)8(2)15-17)6-9(14-13)7-16(3)4/h9,14H,5-7,13H2,1-4H3. The second kappa shape index (κ2) is 6.35. The molecule has 0 amide bonds. The van der Waals surface area contributed by atoms with E-state index >= 15 is 0 Å². The van der Waals surface area contributed by atoms with E-state index in [4.69, 9.17) is 17.4 Å². The molecule has 0 fully saturated rings. The molecule has 0 radical (unpaired) electrons. The van der Waals surface area contributed by atoms with Crippen LogP contribution in [0.25, 0.3) is 0 Å². The van der Waals surface area contributed by atoms with Crippen LogP contribution in [0.3, 0.4) is 0 Å². The van der Waals surface area contributed by atoms with Gasteiger partial charge in [-0.2, -0.15) is 5.10 Å². The molecular formula is C11H22ClN5. The number of hydrogen-bond acceptors (Lipinski definition) is 4. The third kappa shape index (κ3) is 3.67. The molecule has 0 aliphatic carbocycles. The van der Waals surface area contributed by atoms with Crippen molar-refractivity contribution in [3.8, 4) is 0 Å². The normalized spacial score (nSPS) is 13.4. The molecule has 0 spiro atoms. The maximum Gasteiger partial charge on any atom is 0.0847 e. The number of halogens is 1. The number of aryl methyl sites for hydroxylation is 2. The number of aromatic nitrogens is 2. The van der Waals surface area contributed by atoms with Gasteiger partial charge in [0.2, 0.25) is 0 Å². The van der Waals surface area contributed by atoms with Gasteiger partial charge in [-0.1, -0.05) is 11.6 Å². The van der Waals surface area contributed by atoms with E-state index in [1.807, 2.05) is 25.7 Å². The molecule has 6 heteroatoms. The Kier molecular flexibility index (Phi) is 5.39. The Balaban J connectivity index is 2.84. The highest BCUT2D eigenvalue weighted by Gasteiger charge is 2.17. The van der Waals surface area contributed by atoms with Gasteiger partial charge in [-0.05, 0) is 27.9 Å². The molecule has 1 unspecified atom stereocenters. The van der Waals surface area contributed by atoms with Crippen molar-refractivity contribution < 1.29 is 0 Å². The molecule has 3 N–H and O–H groups in total. The average molecular weight is 260 g/mol. The van der Waals surface area contributed by atoms with E-state index in [0.717, 1.165) is 35.9 Å². The van der Waals surface area contributed by atoms with E-state index in [1.165, 1.54) is 0 Å². The third-order valence-electron chi connectivity index (χ3n) is 2.71. The first kappa shape index (κ1) is 14.4. The van der Waals surface area contributed by atoms with Crippen LogP contribution in [0.15, 0.2) is 0 Å². The molecule has 0 aliphatic rings. The van der Waals surface area contributed by atoms with Gasteiger partial charge < -0.3 is 4.90 Å². The first-order chi connectivity index (χ1) is 7.99. The van der Waals surface area contributed by atoms with Crippen LogP contribution in [0.1, 0.15) is 18.3 Å². The lowest BCUT2D eigenvalue weighted by atomic mass is 10.1. The lowest BCUT2D eigenvalue weighted by Crippen LogP contribution is -2.44. The zero-order chi connectivity index (χ0) is 13.0. The molecule has 0 aliphatic heterocycles. The lowest BCUT2D eigenvalue weighted by molar-refractivity contribution is 0.334. The first-order valence-corrected chi connectivity index (χ1v) is 6.20. The predicted molar refractivity (Wildman–Crippen MR) is 71.0 cm³/mol. The fraction of sp³-hybridized carbons (Fsp3) is 0.727. The lowest BCUT2D eigenvalue weighted by Gasteiger charge is -2.20. The number of nitrogens with two attached hydrogens (primary N) is 1. The van der Waals surface area contributed by atoms with Gasteiger partial charge in [-0.25, -0.2) is 0 Å². The van der Waals surface area contributed by atoms with Crippen LogP contribution in [-0.2, 0) is 13.0 Å². The van der Waals surface area contributed by atoms with Gasteiger partial charge in [0.15, 0.2) is 0 Å². The SMILES string of the molecule is CCn1nc(C)c(Cl)c1CC(CN(C)C)NN. The van der Waals surface area contributed by atoms with Crippen molar-refractivity contribution in [2.75, 3.05) is 20.6 Å². The molecule has 1 aromatic heterocycles. The van der Waals surface area contributed by atoms with Crippen LogP contribution in [0, 0.1) is 6.92 Å². The van der Waals surface area contributed by atoms with Crippen LogP contribution >= 0.6 is 11.6 Å². The minimum atomic E-state index is 0.170. The number of hydrogen-bond donors (Lipinski definition) is 2. The van der Waals surface area contributed by atoms with Gasteiger partial charge in [0.1, 0.15) is 0 Å². The zero-order valence-corrected chi connectivity index (χ0v) is 11.8. The van der Waals surface area contributed by atoms with Gasteiger partial charge in [-0.15, -0.1) is 0 Å². The number of hydrazine groups is 1. The van der Waals surface area contributed by atoms with Crippen LogP contribution in [0.5, 0.6) is 0 Å². The van der Waals surface area contributed by atoms with Crippen molar-refractivity contribution in [3.63, 3.8) is 0 Å². The van der Waals surface area contributed by atoms with Crippen LogP contribution in [0.2, 0.25) is 5.02 Å². The Bertz CT molecular complexity index is 361. The minimum absolute atomic E-state index is 0.170. The van der Waals surface area contributed by atoms with Gasteiger partial charge in [0, 0.05) is 25.6 Å². The molecule has 1 atom stereocenters. The van der Waals surface area contributed by atoms with Gasteiger partial charge in [0.05, 0.1) is 16.4 Å². The summed E-state index contributed by atoms with van der Waals surface area (Å²) in [6.07, 6.45) is 0.780. The summed E-state index contributed by atoms with van der Waals surface area (Å²) in [6, 6.07) is 0.170. The number of likely N-dealkylation sites (N-methyl/N-ethyl adjacent to an activating group) is 1. The Morgan fingerprint density at radius 2 is 2.18 bits per heavy atom. The van der Waals surface area contributed by atoms with Gasteiger partial charge in [-0.3, -0.25) is 16.0 Å². The summed E-state index contributed by atoms with van der Waals surface area (Å²) in [6.45, 7) is 5.67. The van der Waals surface area contributed by atoms with Crippen molar-refractivity contribution >= 4 is 11.6 Å². The van der Waals surface area contributed by atoms with E-state index in [0.29, 0.717) is 0 Å². The highest BCUT2D eigenvalue weighted by atomic mass is 35.5. The van der Waals surface area contributed by atoms with E-state index in [1.54, 1.807) is 0 Å². The van der Waals surface area contributed by atoms with Crippen molar-refractivity contribution in [1.82, 2.24) is 20.1 Å². The summed E-state index contributed by atoms with van der Waals surface area (Å²) < 4.78 is 1.94. The maximum absolute atomic E-state index is 6.26. The molecule has 17 heavy (non-hydrogen) atoms. The topological polar surface area (TPSA) is 59.1 Å². The highest BCUT2D eigenvalue weighted by molar-refractivity contribution is 6.31. The Hall–Kier alpha value is -0.620. The fourth-order valence-electron chi connectivity index (χ4n) is 1.91. The summed E-state index contributed by atoms with van der Waals surface area (Å²) in [5.74, 6) is 5.57. The van der Waals surface area contributed by atoms with E-state index < -0.39 is 0 Å². The largest absolute Gasteiger partial charge is 0.308 e. The van der Waals surface area contributed by atoms with Crippen LogP contribution < -0.4 is 11.3 Å². The molecule has 0 aromatic carbocycles. The summed E-state index contributed by atoms with van der Waals surface area (Å²) in [7, 11) is 4.04. The maximum atomic E-state index is 6.26. The van der Waals surface area contributed by atoms with Crippen LogP contribution in [0.4, 0.5) is 0 Å². The van der Waals surface area contributed by atoms with Gasteiger partial charge in [0.25, 0.3) is 0 Å².